The Morgan fingerprint density at radius 3 is 0.724 bits per heavy atom. The highest BCUT2D eigenvalue weighted by Gasteiger charge is 2.30. The minimum Gasteiger partial charge on any atom is -0.462 e. The molecule has 0 radical (unpaired) electrons. The number of esters is 4. The highest BCUT2D eigenvalue weighted by atomic mass is 31.2. The van der Waals surface area contributed by atoms with Gasteiger partial charge in [-0.15, -0.1) is 0 Å². The molecular formula is C86H168O17P2. The lowest BCUT2D eigenvalue weighted by Crippen LogP contribution is -2.30. The van der Waals surface area contributed by atoms with Crippen molar-refractivity contribution in [2.45, 2.75) is 471 Å². The van der Waals surface area contributed by atoms with E-state index in [1.54, 1.807) is 0 Å². The molecule has 6 atom stereocenters. The van der Waals surface area contributed by atoms with E-state index in [-0.39, 0.29) is 25.7 Å². The van der Waals surface area contributed by atoms with Crippen LogP contribution < -0.4 is 0 Å². The average molecular weight is 1540 g/mol. The number of ether oxygens (including phenoxy) is 4. The monoisotopic (exact) mass is 1540 g/mol. The van der Waals surface area contributed by atoms with Gasteiger partial charge in [-0.2, -0.15) is 0 Å². The van der Waals surface area contributed by atoms with Crippen molar-refractivity contribution >= 4 is 39.5 Å². The fourth-order valence-corrected chi connectivity index (χ4v) is 14.9. The van der Waals surface area contributed by atoms with E-state index in [0.29, 0.717) is 25.7 Å². The zero-order valence-electron chi connectivity index (χ0n) is 69.2. The van der Waals surface area contributed by atoms with Crippen LogP contribution in [0.15, 0.2) is 0 Å². The molecule has 0 saturated heterocycles. The lowest BCUT2D eigenvalue weighted by atomic mass is 9.99. The van der Waals surface area contributed by atoms with Crippen LogP contribution in [0.3, 0.4) is 0 Å². The summed E-state index contributed by atoms with van der Waals surface area (Å²) in [5, 5.41) is 10.7. The van der Waals surface area contributed by atoms with Crippen LogP contribution >= 0.6 is 15.6 Å². The van der Waals surface area contributed by atoms with Crippen molar-refractivity contribution in [3.63, 3.8) is 0 Å². The number of rotatable bonds is 84. The molecule has 0 saturated carbocycles. The molecule has 3 N–H and O–H groups in total. The lowest BCUT2D eigenvalue weighted by Gasteiger charge is -2.21. The highest BCUT2D eigenvalue weighted by molar-refractivity contribution is 7.47. The largest absolute Gasteiger partial charge is 0.472 e. The number of phosphoric acid groups is 2. The molecule has 0 bridgehead atoms. The molecule has 17 nitrogen and oxygen atoms in total. The Morgan fingerprint density at radius 2 is 0.486 bits per heavy atom. The second-order valence-corrected chi connectivity index (χ2v) is 35.0. The van der Waals surface area contributed by atoms with Crippen LogP contribution in [0.25, 0.3) is 0 Å². The molecule has 624 valence electrons. The minimum atomic E-state index is -4.97. The molecule has 0 fully saturated rings. The van der Waals surface area contributed by atoms with E-state index in [1.807, 2.05) is 0 Å². The van der Waals surface area contributed by atoms with Crippen LogP contribution in [-0.2, 0) is 65.4 Å². The Kier molecular flexibility index (Phi) is 74.7. The first-order valence-corrected chi connectivity index (χ1v) is 47.4. The second-order valence-electron chi connectivity index (χ2n) is 32.1. The lowest BCUT2D eigenvalue weighted by molar-refractivity contribution is -0.161. The third kappa shape index (κ3) is 78.5. The van der Waals surface area contributed by atoms with Crippen LogP contribution in [0.1, 0.15) is 453 Å². The van der Waals surface area contributed by atoms with E-state index in [2.05, 4.69) is 48.5 Å². The SMILES string of the molecule is CCCCCCCCCCCCCCCCCCCCCCCC(=O)OC[C@H](COP(=O)(O)OC[C@@H](O)COP(=O)(O)OC[C@@H](COC(=O)CCCCCCCCCCC(C)C)OC(=O)CCCCCCCCCCC(C)C)OC(=O)CCCCCCCCCCCCCCCCCCCCC(C)CC. The van der Waals surface area contributed by atoms with E-state index in [4.69, 9.17) is 37.0 Å². The van der Waals surface area contributed by atoms with E-state index in [0.717, 1.165) is 108 Å². The summed E-state index contributed by atoms with van der Waals surface area (Å²) in [5.74, 6) is 0.206. The number of hydrogen-bond acceptors (Lipinski definition) is 15. The fraction of sp³-hybridized carbons (Fsp3) is 0.953. The summed E-state index contributed by atoms with van der Waals surface area (Å²) in [6.07, 6.45) is 66.9. The van der Waals surface area contributed by atoms with E-state index >= 15 is 0 Å². The molecular weight excluding hydrogens is 1370 g/mol. The quantitative estimate of drug-likeness (QED) is 0.0222. The van der Waals surface area contributed by atoms with Gasteiger partial charge in [0.2, 0.25) is 0 Å². The van der Waals surface area contributed by atoms with Gasteiger partial charge in [0.1, 0.15) is 19.3 Å². The van der Waals surface area contributed by atoms with Crippen molar-refractivity contribution < 1.29 is 80.2 Å². The molecule has 0 spiro atoms. The van der Waals surface area contributed by atoms with Gasteiger partial charge in [-0.25, -0.2) is 9.13 Å². The molecule has 0 aliphatic rings. The number of carbonyl (C=O) groups is 4. The number of hydrogen-bond donors (Lipinski definition) is 3. The van der Waals surface area contributed by atoms with Crippen LogP contribution in [-0.4, -0.2) is 96.7 Å². The molecule has 0 amide bonds. The Hall–Kier alpha value is -1.94. The Morgan fingerprint density at radius 1 is 0.276 bits per heavy atom. The zero-order valence-corrected chi connectivity index (χ0v) is 71.0. The molecule has 0 aliphatic heterocycles. The summed E-state index contributed by atoms with van der Waals surface area (Å²) in [4.78, 5) is 73.1. The summed E-state index contributed by atoms with van der Waals surface area (Å²) in [6.45, 7) is 12.0. The van der Waals surface area contributed by atoms with Gasteiger partial charge in [-0.1, -0.05) is 402 Å². The maximum Gasteiger partial charge on any atom is 0.472 e. The average Bonchev–Trinajstić information content (AvgIpc) is 0.918. The van der Waals surface area contributed by atoms with Crippen LogP contribution in [0.4, 0.5) is 0 Å². The molecule has 19 heteroatoms. The van der Waals surface area contributed by atoms with E-state index in [1.165, 1.54) is 263 Å². The standard InChI is InChI=1S/C86H168O17P2/c1-8-10-11-12-13-14-15-16-17-18-19-20-21-25-28-31-34-37-46-53-60-67-83(88)96-73-81(102-85(90)69-62-55-48-38-35-32-29-26-23-22-24-27-30-33-36-45-52-59-66-79(7)9-2)75-100-104(92,93)98-71-80(87)72-99-105(94,95)101-76-82(103-86(91)70-63-56-49-42-40-44-51-58-65-78(5)6)74-97-84(89)68-61-54-47-41-39-43-50-57-64-77(3)4/h77-82,87H,8-76H2,1-7H3,(H,92,93)(H,94,95)/t79?,80-,81-,82-/m1/s1. The Balaban J connectivity index is 5.20. The van der Waals surface area contributed by atoms with Gasteiger partial charge in [-0.3, -0.25) is 37.3 Å². The molecule has 0 rings (SSSR count). The maximum absolute atomic E-state index is 13.1. The van der Waals surface area contributed by atoms with Gasteiger partial charge < -0.3 is 33.8 Å². The Bertz CT molecular complexity index is 2030. The normalized spacial score (nSPS) is 14.1. The number of carbonyl (C=O) groups excluding carboxylic acids is 4. The minimum absolute atomic E-state index is 0.104. The van der Waals surface area contributed by atoms with Crippen molar-refractivity contribution in [2.75, 3.05) is 39.6 Å². The zero-order chi connectivity index (χ0) is 77.2. The van der Waals surface area contributed by atoms with Crippen molar-refractivity contribution in [1.82, 2.24) is 0 Å². The molecule has 105 heavy (non-hydrogen) atoms. The molecule has 0 aromatic carbocycles. The molecule has 3 unspecified atom stereocenters. The smallest absolute Gasteiger partial charge is 0.462 e. The predicted octanol–water partition coefficient (Wildman–Crippen LogP) is 26.1. The topological polar surface area (TPSA) is 237 Å². The maximum atomic E-state index is 13.1. The first kappa shape index (κ1) is 103. The number of aliphatic hydroxyl groups is 1. The van der Waals surface area contributed by atoms with Gasteiger partial charge >= 0.3 is 39.5 Å². The van der Waals surface area contributed by atoms with Crippen molar-refractivity contribution in [3.8, 4) is 0 Å². The third-order valence-corrected chi connectivity index (χ3v) is 22.4. The van der Waals surface area contributed by atoms with Crippen molar-refractivity contribution in [3.05, 3.63) is 0 Å². The molecule has 0 aliphatic carbocycles. The fourth-order valence-electron chi connectivity index (χ4n) is 13.3. The highest BCUT2D eigenvalue weighted by Crippen LogP contribution is 2.45. The van der Waals surface area contributed by atoms with Gasteiger partial charge in [0, 0.05) is 25.7 Å². The molecule has 0 heterocycles. The van der Waals surface area contributed by atoms with Gasteiger partial charge in [0.25, 0.3) is 0 Å². The van der Waals surface area contributed by atoms with Gasteiger partial charge in [0.15, 0.2) is 12.2 Å². The first-order valence-electron chi connectivity index (χ1n) is 44.4. The van der Waals surface area contributed by atoms with Crippen LogP contribution in [0.5, 0.6) is 0 Å². The van der Waals surface area contributed by atoms with Crippen LogP contribution in [0, 0.1) is 17.8 Å². The van der Waals surface area contributed by atoms with Crippen molar-refractivity contribution in [1.29, 1.82) is 0 Å². The van der Waals surface area contributed by atoms with Crippen molar-refractivity contribution in [2.24, 2.45) is 17.8 Å². The van der Waals surface area contributed by atoms with E-state index in [9.17, 15) is 43.2 Å². The second kappa shape index (κ2) is 76.1. The molecule has 0 aromatic heterocycles. The molecule has 0 aromatic rings. The summed E-state index contributed by atoms with van der Waals surface area (Å²) < 4.78 is 68.8. The summed E-state index contributed by atoms with van der Waals surface area (Å²) in [6, 6.07) is 0. The van der Waals surface area contributed by atoms with Gasteiger partial charge in [-0.05, 0) is 43.4 Å². The van der Waals surface area contributed by atoms with E-state index < -0.39 is 97.5 Å². The Labute approximate surface area is 645 Å². The number of aliphatic hydroxyl groups excluding tert-OH is 1. The summed E-state index contributed by atoms with van der Waals surface area (Å²) >= 11 is 0. The summed E-state index contributed by atoms with van der Waals surface area (Å²) in [7, 11) is -9.93. The summed E-state index contributed by atoms with van der Waals surface area (Å²) in [5.41, 5.74) is 0. The van der Waals surface area contributed by atoms with Gasteiger partial charge in [0.05, 0.1) is 26.4 Å². The number of phosphoric ester groups is 2. The predicted molar refractivity (Wildman–Crippen MR) is 432 cm³/mol. The third-order valence-electron chi connectivity index (χ3n) is 20.5. The van der Waals surface area contributed by atoms with Crippen LogP contribution in [0.2, 0.25) is 0 Å². The number of unbranched alkanes of at least 4 members (excludes halogenated alkanes) is 51. The first-order chi connectivity index (χ1) is 50.8.